The van der Waals surface area contributed by atoms with Crippen LogP contribution in [0, 0.1) is 6.92 Å². The van der Waals surface area contributed by atoms with E-state index in [0.717, 1.165) is 48.5 Å². The Bertz CT molecular complexity index is 836. The monoisotopic (exact) mass is 419 g/mol. The Labute approximate surface area is 176 Å². The van der Waals surface area contributed by atoms with Crippen molar-refractivity contribution in [1.29, 1.82) is 0 Å². The van der Waals surface area contributed by atoms with Crippen molar-refractivity contribution in [1.82, 2.24) is 15.1 Å². The molecule has 0 bridgehead atoms. The summed E-state index contributed by atoms with van der Waals surface area (Å²) in [5.41, 5.74) is 3.29. The first-order valence-electron chi connectivity index (χ1n) is 9.57. The van der Waals surface area contributed by atoms with Gasteiger partial charge in [0, 0.05) is 37.8 Å². The summed E-state index contributed by atoms with van der Waals surface area (Å²) in [6.45, 7) is 5.44. The molecule has 1 aromatic heterocycles. The van der Waals surface area contributed by atoms with Crippen LogP contribution in [-0.2, 0) is 4.79 Å². The topological polar surface area (TPSA) is 52.7 Å². The number of nitrogens with zero attached hydrogens (tertiary/aromatic N) is 2. The van der Waals surface area contributed by atoms with Gasteiger partial charge in [-0.3, -0.25) is 9.59 Å². The van der Waals surface area contributed by atoms with Crippen LogP contribution in [0.1, 0.15) is 28.1 Å². The van der Waals surface area contributed by atoms with Crippen molar-refractivity contribution < 1.29 is 9.59 Å². The molecule has 2 aliphatic heterocycles. The lowest BCUT2D eigenvalue weighted by atomic mass is 10.0. The molecule has 1 N–H and O–H groups in total. The van der Waals surface area contributed by atoms with E-state index >= 15 is 0 Å². The van der Waals surface area contributed by atoms with Crippen molar-refractivity contribution in [2.75, 3.05) is 32.7 Å². The summed E-state index contributed by atoms with van der Waals surface area (Å²) in [5.74, 6) is 0.241. The molecule has 1 unspecified atom stereocenters. The number of likely N-dealkylation sites (tertiary alicyclic amines) is 1. The third-order valence-electron chi connectivity index (χ3n) is 5.47. The molecule has 7 heteroatoms. The lowest BCUT2D eigenvalue weighted by molar-refractivity contribution is -0.135. The van der Waals surface area contributed by atoms with Gasteiger partial charge < -0.3 is 15.1 Å². The van der Waals surface area contributed by atoms with E-state index in [1.165, 1.54) is 16.9 Å². The van der Waals surface area contributed by atoms with E-state index < -0.39 is 0 Å². The fourth-order valence-electron chi connectivity index (χ4n) is 3.98. The van der Waals surface area contributed by atoms with Crippen molar-refractivity contribution in [2.24, 2.45) is 0 Å². The molecule has 150 valence electrons. The predicted octanol–water partition coefficient (Wildman–Crippen LogP) is 3.18. The summed E-state index contributed by atoms with van der Waals surface area (Å²) in [4.78, 5) is 30.2. The highest BCUT2D eigenvalue weighted by Gasteiger charge is 2.32. The predicted molar refractivity (Wildman–Crippen MR) is 115 cm³/mol. The van der Waals surface area contributed by atoms with Gasteiger partial charge in [-0.25, -0.2) is 0 Å². The van der Waals surface area contributed by atoms with E-state index in [1.807, 2.05) is 21.2 Å². The molecule has 28 heavy (non-hydrogen) atoms. The van der Waals surface area contributed by atoms with E-state index in [2.05, 4.69) is 36.5 Å². The van der Waals surface area contributed by atoms with Crippen molar-refractivity contribution in [2.45, 2.75) is 25.8 Å². The molecule has 0 spiro atoms. The van der Waals surface area contributed by atoms with Crippen LogP contribution in [0.2, 0.25) is 0 Å². The van der Waals surface area contributed by atoms with E-state index in [4.69, 9.17) is 0 Å². The quantitative estimate of drug-likeness (QED) is 0.831. The maximum absolute atomic E-state index is 13.3. The van der Waals surface area contributed by atoms with Gasteiger partial charge in [-0.2, -0.15) is 0 Å². The number of nitrogens with one attached hydrogen (secondary N) is 1. The summed E-state index contributed by atoms with van der Waals surface area (Å²) in [7, 11) is 0. The lowest BCUT2D eigenvalue weighted by Crippen LogP contribution is -2.57. The maximum atomic E-state index is 13.3. The molecule has 2 aliphatic rings. The first-order chi connectivity index (χ1) is 13.1. The number of aryl methyl sites for hydroxylation is 1. The van der Waals surface area contributed by atoms with E-state index in [-0.39, 0.29) is 30.3 Å². The first-order valence-corrected chi connectivity index (χ1v) is 10.5. The average Bonchev–Trinajstić information content (AvgIpc) is 3.18. The highest BCUT2D eigenvalue weighted by Crippen LogP contribution is 2.31. The number of hydrogen-bond donors (Lipinski definition) is 1. The molecule has 1 aromatic carbocycles. The number of halogens is 1. The molecule has 5 nitrogen and oxygen atoms in total. The first kappa shape index (κ1) is 20.8. The molecule has 1 atom stereocenters. The number of benzene rings is 1. The summed E-state index contributed by atoms with van der Waals surface area (Å²) in [6.07, 6.45) is 1.92. The van der Waals surface area contributed by atoms with Gasteiger partial charge in [0.15, 0.2) is 0 Å². The zero-order valence-electron chi connectivity index (χ0n) is 16.0. The molecular formula is C21H26ClN3O2S. The number of piperidine rings is 1. The lowest BCUT2D eigenvalue weighted by Gasteiger charge is -2.41. The van der Waals surface area contributed by atoms with Crippen LogP contribution in [0.15, 0.2) is 35.7 Å². The van der Waals surface area contributed by atoms with Gasteiger partial charge in [-0.15, -0.1) is 23.7 Å². The van der Waals surface area contributed by atoms with E-state index in [0.29, 0.717) is 13.1 Å². The Hall–Kier alpha value is -1.89. The summed E-state index contributed by atoms with van der Waals surface area (Å²) in [5, 5.41) is 5.11. The molecule has 3 heterocycles. The standard InChI is InChI=1S/C21H25N3O2S.ClH/c1-15-4-6-16(7-5-15)18-8-12-27-20(18)21(26)23-10-2-3-17(14-23)24-11-9-22-13-19(24)25;/h4-8,12,17,22H,2-3,9-11,13-14H2,1H3;1H. The third kappa shape index (κ3) is 4.24. The molecule has 2 aromatic rings. The zero-order valence-corrected chi connectivity index (χ0v) is 17.7. The Morgan fingerprint density at radius 3 is 2.71 bits per heavy atom. The normalized spacial score (nSPS) is 20.0. The third-order valence-corrected chi connectivity index (χ3v) is 6.37. The van der Waals surface area contributed by atoms with Gasteiger partial charge in [0.05, 0.1) is 11.4 Å². The van der Waals surface area contributed by atoms with Crippen LogP contribution >= 0.6 is 23.7 Å². The maximum Gasteiger partial charge on any atom is 0.264 e. The van der Waals surface area contributed by atoms with Crippen LogP contribution in [0.3, 0.4) is 0 Å². The molecule has 0 aliphatic carbocycles. The molecule has 2 amide bonds. The highest BCUT2D eigenvalue weighted by atomic mass is 35.5. The smallest absolute Gasteiger partial charge is 0.264 e. The minimum absolute atomic E-state index is 0. The van der Waals surface area contributed by atoms with Crippen LogP contribution < -0.4 is 5.32 Å². The molecule has 0 radical (unpaired) electrons. The van der Waals surface area contributed by atoms with Crippen LogP contribution in [0.4, 0.5) is 0 Å². The van der Waals surface area contributed by atoms with Crippen molar-refractivity contribution >= 4 is 35.6 Å². The van der Waals surface area contributed by atoms with Crippen LogP contribution in [-0.4, -0.2) is 60.4 Å². The SMILES string of the molecule is Cc1ccc(-c2ccsc2C(=O)N2CCCC(N3CCNCC3=O)C2)cc1.Cl. The van der Waals surface area contributed by atoms with Crippen LogP contribution in [0.25, 0.3) is 11.1 Å². The minimum Gasteiger partial charge on any atom is -0.336 e. The minimum atomic E-state index is 0. The summed E-state index contributed by atoms with van der Waals surface area (Å²) in [6, 6.07) is 10.5. The molecule has 0 saturated carbocycles. The molecule has 2 fully saturated rings. The molecular weight excluding hydrogens is 394 g/mol. The van der Waals surface area contributed by atoms with Gasteiger partial charge in [0.25, 0.3) is 5.91 Å². The molecule has 4 rings (SSSR count). The number of thiophene rings is 1. The number of rotatable bonds is 3. The number of carbonyl (C=O) groups is 2. The second-order valence-electron chi connectivity index (χ2n) is 7.34. The van der Waals surface area contributed by atoms with Gasteiger partial charge in [-0.05, 0) is 36.8 Å². The van der Waals surface area contributed by atoms with Crippen molar-refractivity contribution in [3.8, 4) is 11.1 Å². The van der Waals surface area contributed by atoms with Gasteiger partial charge >= 0.3 is 0 Å². The van der Waals surface area contributed by atoms with E-state index in [1.54, 1.807) is 0 Å². The Balaban J connectivity index is 0.00000225. The van der Waals surface area contributed by atoms with Gasteiger partial charge in [0.2, 0.25) is 5.91 Å². The average molecular weight is 420 g/mol. The van der Waals surface area contributed by atoms with Gasteiger partial charge in [-0.1, -0.05) is 29.8 Å². The second kappa shape index (κ2) is 9.07. The second-order valence-corrected chi connectivity index (χ2v) is 8.26. The fraction of sp³-hybridized carbons (Fsp3) is 0.429. The van der Waals surface area contributed by atoms with Crippen molar-refractivity contribution in [3.05, 3.63) is 46.2 Å². The fourth-order valence-corrected chi connectivity index (χ4v) is 4.86. The number of carbonyl (C=O) groups excluding carboxylic acids is 2. The number of piperazine rings is 1. The van der Waals surface area contributed by atoms with Crippen molar-refractivity contribution in [3.63, 3.8) is 0 Å². The molecule has 2 saturated heterocycles. The number of hydrogen-bond acceptors (Lipinski definition) is 4. The van der Waals surface area contributed by atoms with Gasteiger partial charge in [0.1, 0.15) is 0 Å². The highest BCUT2D eigenvalue weighted by molar-refractivity contribution is 7.12. The van der Waals surface area contributed by atoms with Crippen LogP contribution in [0.5, 0.6) is 0 Å². The number of amides is 2. The Morgan fingerprint density at radius 2 is 1.96 bits per heavy atom. The largest absolute Gasteiger partial charge is 0.336 e. The summed E-state index contributed by atoms with van der Waals surface area (Å²) >= 11 is 1.51. The van der Waals surface area contributed by atoms with E-state index in [9.17, 15) is 9.59 Å². The Kier molecular flexibility index (Phi) is 6.75. The summed E-state index contributed by atoms with van der Waals surface area (Å²) < 4.78 is 0. The zero-order chi connectivity index (χ0) is 18.8. The Morgan fingerprint density at radius 1 is 1.18 bits per heavy atom.